The van der Waals surface area contributed by atoms with Gasteiger partial charge in [-0.3, -0.25) is 4.79 Å². The maximum Gasteiger partial charge on any atom is 0.226 e. The van der Waals surface area contributed by atoms with Gasteiger partial charge in [-0.05, 0) is 25.7 Å². The molecular weight excluding hydrogens is 246 g/mol. The third-order valence-electron chi connectivity index (χ3n) is 4.08. The van der Waals surface area contributed by atoms with Crippen molar-refractivity contribution in [2.75, 3.05) is 19.8 Å². The fourth-order valence-electron chi connectivity index (χ4n) is 2.99. The molecule has 6 heteroatoms. The monoisotopic (exact) mass is 269 g/mol. The van der Waals surface area contributed by atoms with Gasteiger partial charge >= 0.3 is 0 Å². The Balaban J connectivity index is 2.04. The molecule has 2 aliphatic rings. The van der Waals surface area contributed by atoms with Crippen LogP contribution in [0.5, 0.6) is 0 Å². The van der Waals surface area contributed by atoms with E-state index in [2.05, 4.69) is 5.16 Å². The minimum absolute atomic E-state index is 0.0286. The fraction of sp³-hybridized carbons (Fsp3) is 0.846. The number of amides is 1. The number of carbonyl (C=O) groups excluding carboxylic acids is 1. The molecule has 1 aliphatic carbocycles. The zero-order valence-electron chi connectivity index (χ0n) is 11.3. The summed E-state index contributed by atoms with van der Waals surface area (Å²) in [6, 6.07) is 0.246. The molecule has 0 radical (unpaired) electrons. The van der Waals surface area contributed by atoms with Gasteiger partial charge in [0.15, 0.2) is 5.84 Å². The van der Waals surface area contributed by atoms with Gasteiger partial charge in [-0.25, -0.2) is 0 Å². The third kappa shape index (κ3) is 3.59. The first kappa shape index (κ1) is 14.1. The molecule has 0 atom stereocenters. The molecule has 2 fully saturated rings. The van der Waals surface area contributed by atoms with Crippen LogP contribution in [0.1, 0.15) is 38.5 Å². The molecule has 0 unspecified atom stereocenters. The van der Waals surface area contributed by atoms with E-state index in [0.29, 0.717) is 13.2 Å². The molecule has 1 aliphatic heterocycles. The van der Waals surface area contributed by atoms with E-state index >= 15 is 0 Å². The first-order valence-electron chi connectivity index (χ1n) is 7.07. The highest BCUT2D eigenvalue weighted by molar-refractivity contribution is 5.88. The number of rotatable bonds is 4. The zero-order valence-corrected chi connectivity index (χ0v) is 11.3. The lowest BCUT2D eigenvalue weighted by molar-refractivity contribution is -0.140. The van der Waals surface area contributed by atoms with Crippen molar-refractivity contribution in [3.05, 3.63) is 0 Å². The van der Waals surface area contributed by atoms with Crippen LogP contribution in [-0.2, 0) is 9.53 Å². The zero-order chi connectivity index (χ0) is 13.7. The topological polar surface area (TPSA) is 88.2 Å². The Morgan fingerprint density at radius 3 is 2.47 bits per heavy atom. The molecule has 1 heterocycles. The van der Waals surface area contributed by atoms with Crippen molar-refractivity contribution in [2.45, 2.75) is 44.6 Å². The number of hydrogen-bond donors (Lipinski definition) is 2. The van der Waals surface area contributed by atoms with Crippen LogP contribution in [0.4, 0.5) is 0 Å². The SMILES string of the molecule is NC(CN(C(=O)C1CCOCC1)C1CCCC1)=NO. The summed E-state index contributed by atoms with van der Waals surface area (Å²) in [7, 11) is 0. The van der Waals surface area contributed by atoms with E-state index in [4.69, 9.17) is 15.7 Å². The Labute approximate surface area is 113 Å². The fourth-order valence-corrected chi connectivity index (χ4v) is 2.99. The van der Waals surface area contributed by atoms with Crippen molar-refractivity contribution in [1.82, 2.24) is 4.90 Å². The van der Waals surface area contributed by atoms with Gasteiger partial charge in [0.25, 0.3) is 0 Å². The van der Waals surface area contributed by atoms with Crippen molar-refractivity contribution in [3.63, 3.8) is 0 Å². The number of carbonyl (C=O) groups is 1. The number of ether oxygens (including phenoxy) is 1. The molecule has 0 spiro atoms. The van der Waals surface area contributed by atoms with Crippen molar-refractivity contribution < 1.29 is 14.7 Å². The smallest absolute Gasteiger partial charge is 0.226 e. The highest BCUT2D eigenvalue weighted by Gasteiger charge is 2.32. The van der Waals surface area contributed by atoms with E-state index in [9.17, 15) is 4.79 Å². The Morgan fingerprint density at radius 2 is 1.89 bits per heavy atom. The Bertz CT molecular complexity index is 334. The molecule has 0 aromatic carbocycles. The Kier molecular flexibility index (Phi) is 5.01. The highest BCUT2D eigenvalue weighted by Crippen LogP contribution is 2.27. The number of hydrogen-bond acceptors (Lipinski definition) is 4. The van der Waals surface area contributed by atoms with Crippen molar-refractivity contribution in [3.8, 4) is 0 Å². The molecule has 1 amide bonds. The van der Waals surface area contributed by atoms with Gasteiger partial charge in [0.2, 0.25) is 5.91 Å². The largest absolute Gasteiger partial charge is 0.409 e. The van der Waals surface area contributed by atoms with Gasteiger partial charge < -0.3 is 20.6 Å². The van der Waals surface area contributed by atoms with Crippen molar-refractivity contribution in [1.29, 1.82) is 0 Å². The summed E-state index contributed by atoms with van der Waals surface area (Å²) in [6.07, 6.45) is 5.90. The summed E-state index contributed by atoms with van der Waals surface area (Å²) in [6.45, 7) is 1.54. The van der Waals surface area contributed by atoms with Crippen LogP contribution in [0.25, 0.3) is 0 Å². The van der Waals surface area contributed by atoms with E-state index in [0.717, 1.165) is 38.5 Å². The molecule has 1 saturated carbocycles. The van der Waals surface area contributed by atoms with Crippen LogP contribution >= 0.6 is 0 Å². The summed E-state index contributed by atoms with van der Waals surface area (Å²) in [5.74, 6) is 0.273. The third-order valence-corrected chi connectivity index (χ3v) is 4.08. The van der Waals surface area contributed by atoms with Gasteiger partial charge in [0.05, 0.1) is 6.54 Å². The van der Waals surface area contributed by atoms with Crippen molar-refractivity contribution in [2.24, 2.45) is 16.8 Å². The molecule has 6 nitrogen and oxygen atoms in total. The maximum absolute atomic E-state index is 12.6. The summed E-state index contributed by atoms with van der Waals surface area (Å²) in [5.41, 5.74) is 5.59. The number of nitrogens with two attached hydrogens (primary N) is 1. The molecule has 0 aromatic rings. The second kappa shape index (κ2) is 6.75. The van der Waals surface area contributed by atoms with Crippen LogP contribution in [0, 0.1) is 5.92 Å². The number of nitrogens with zero attached hydrogens (tertiary/aromatic N) is 2. The van der Waals surface area contributed by atoms with Crippen LogP contribution in [0.3, 0.4) is 0 Å². The molecule has 108 valence electrons. The van der Waals surface area contributed by atoms with Gasteiger partial charge in [0, 0.05) is 25.2 Å². The first-order chi connectivity index (χ1) is 9.22. The molecule has 2 rings (SSSR count). The predicted octanol–water partition coefficient (Wildman–Crippen LogP) is 0.931. The second-order valence-corrected chi connectivity index (χ2v) is 5.38. The average molecular weight is 269 g/mol. The van der Waals surface area contributed by atoms with Crippen molar-refractivity contribution >= 4 is 11.7 Å². The normalized spacial score (nSPS) is 22.6. The quantitative estimate of drug-likeness (QED) is 0.344. The van der Waals surface area contributed by atoms with E-state index < -0.39 is 0 Å². The van der Waals surface area contributed by atoms with Gasteiger partial charge in [0.1, 0.15) is 0 Å². The molecule has 0 aromatic heterocycles. The summed E-state index contributed by atoms with van der Waals surface area (Å²) < 4.78 is 5.30. The lowest BCUT2D eigenvalue weighted by Gasteiger charge is -2.33. The molecule has 0 bridgehead atoms. The van der Waals surface area contributed by atoms with Crippen LogP contribution in [0.15, 0.2) is 5.16 Å². The van der Waals surface area contributed by atoms with Gasteiger partial charge in [-0.15, -0.1) is 0 Å². The van der Waals surface area contributed by atoms with Crippen LogP contribution in [-0.4, -0.2) is 47.7 Å². The summed E-state index contributed by atoms with van der Waals surface area (Å²) >= 11 is 0. The van der Waals surface area contributed by atoms with Gasteiger partial charge in [-0.1, -0.05) is 18.0 Å². The second-order valence-electron chi connectivity index (χ2n) is 5.38. The molecule has 19 heavy (non-hydrogen) atoms. The maximum atomic E-state index is 12.6. The van der Waals surface area contributed by atoms with E-state index in [1.165, 1.54) is 0 Å². The number of oxime groups is 1. The minimum atomic E-state index is 0.0286. The van der Waals surface area contributed by atoms with Crippen LogP contribution < -0.4 is 5.73 Å². The van der Waals surface area contributed by atoms with E-state index in [1.54, 1.807) is 0 Å². The minimum Gasteiger partial charge on any atom is -0.409 e. The highest BCUT2D eigenvalue weighted by atomic mass is 16.5. The Morgan fingerprint density at radius 1 is 1.26 bits per heavy atom. The summed E-state index contributed by atoms with van der Waals surface area (Å²) in [5, 5.41) is 11.7. The average Bonchev–Trinajstić information content (AvgIpc) is 2.98. The first-order valence-corrected chi connectivity index (χ1v) is 7.07. The standard InChI is InChI=1S/C13H23N3O3/c14-12(15-18)9-16(11-3-1-2-4-11)13(17)10-5-7-19-8-6-10/h10-11,18H,1-9H2,(H2,14,15). The van der Waals surface area contributed by atoms with E-state index in [-0.39, 0.29) is 30.2 Å². The predicted molar refractivity (Wildman–Crippen MR) is 70.9 cm³/mol. The lowest BCUT2D eigenvalue weighted by atomic mass is 9.97. The summed E-state index contributed by atoms with van der Waals surface area (Å²) in [4.78, 5) is 14.4. The molecule has 3 N–H and O–H groups in total. The van der Waals surface area contributed by atoms with Gasteiger partial charge in [-0.2, -0.15) is 0 Å². The lowest BCUT2D eigenvalue weighted by Crippen LogP contribution is -2.47. The molecule has 1 saturated heterocycles. The van der Waals surface area contributed by atoms with Crippen LogP contribution in [0.2, 0.25) is 0 Å². The number of amidine groups is 1. The molecular formula is C13H23N3O3. The van der Waals surface area contributed by atoms with E-state index in [1.807, 2.05) is 4.90 Å². The Hall–Kier alpha value is -1.30.